The van der Waals surface area contributed by atoms with E-state index in [9.17, 15) is 13.6 Å². The predicted molar refractivity (Wildman–Crippen MR) is 88.3 cm³/mol. The topological polar surface area (TPSA) is 37.6 Å². The molecule has 3 heterocycles. The first-order chi connectivity index (χ1) is 10.9. The summed E-state index contributed by atoms with van der Waals surface area (Å²) in [6, 6.07) is 3.68. The number of pyridine rings is 1. The quantitative estimate of drug-likeness (QED) is 0.748. The Bertz CT molecular complexity index is 615. The minimum atomic E-state index is -2.38. The lowest BCUT2D eigenvalue weighted by molar-refractivity contribution is -0.0504. The SMILES string of the molecule is CC.CN1CCC(F)(F)CC1.Cc1ncn2cc(C=O)ccc12. The minimum absolute atomic E-state index is 0.0312. The fraction of sp³-hybridized carbons (Fsp3) is 0.529. The molecule has 1 saturated heterocycles. The van der Waals surface area contributed by atoms with Crippen LogP contribution in [0.1, 0.15) is 42.7 Å². The van der Waals surface area contributed by atoms with Gasteiger partial charge in [0.1, 0.15) is 0 Å². The van der Waals surface area contributed by atoms with Crippen molar-refractivity contribution in [3.05, 3.63) is 35.9 Å². The number of fused-ring (bicyclic) bond motifs is 1. The van der Waals surface area contributed by atoms with E-state index in [1.54, 1.807) is 18.6 Å². The molecule has 6 heteroatoms. The highest BCUT2D eigenvalue weighted by Gasteiger charge is 2.32. The van der Waals surface area contributed by atoms with Crippen LogP contribution >= 0.6 is 0 Å². The van der Waals surface area contributed by atoms with Crippen molar-refractivity contribution in [1.82, 2.24) is 14.3 Å². The second-order valence-corrected chi connectivity index (χ2v) is 5.36. The van der Waals surface area contributed by atoms with Gasteiger partial charge in [0.2, 0.25) is 0 Å². The van der Waals surface area contributed by atoms with Gasteiger partial charge in [-0.15, -0.1) is 0 Å². The van der Waals surface area contributed by atoms with Crippen LogP contribution in [-0.4, -0.2) is 46.6 Å². The van der Waals surface area contributed by atoms with Gasteiger partial charge in [0.15, 0.2) is 6.29 Å². The molecule has 0 aromatic carbocycles. The van der Waals surface area contributed by atoms with Gasteiger partial charge in [-0.05, 0) is 26.1 Å². The average molecular weight is 325 g/mol. The van der Waals surface area contributed by atoms with Crippen molar-refractivity contribution in [2.75, 3.05) is 20.1 Å². The number of aryl methyl sites for hydroxylation is 1. The van der Waals surface area contributed by atoms with Crippen LogP contribution < -0.4 is 0 Å². The second-order valence-electron chi connectivity index (χ2n) is 5.36. The smallest absolute Gasteiger partial charge is 0.250 e. The summed E-state index contributed by atoms with van der Waals surface area (Å²) in [4.78, 5) is 16.5. The number of hydrogen-bond donors (Lipinski definition) is 0. The van der Waals surface area contributed by atoms with E-state index >= 15 is 0 Å². The van der Waals surface area contributed by atoms with Crippen LogP contribution in [0.5, 0.6) is 0 Å². The molecule has 0 saturated carbocycles. The minimum Gasteiger partial charge on any atom is -0.306 e. The molecular weight excluding hydrogens is 300 g/mol. The molecule has 0 N–H and O–H groups in total. The summed E-state index contributed by atoms with van der Waals surface area (Å²) >= 11 is 0. The second kappa shape index (κ2) is 8.72. The Labute approximate surface area is 136 Å². The molecule has 0 atom stereocenters. The predicted octanol–water partition coefficient (Wildman–Crippen LogP) is 3.83. The number of aromatic nitrogens is 2. The van der Waals surface area contributed by atoms with E-state index in [4.69, 9.17) is 0 Å². The Balaban J connectivity index is 0.000000215. The molecule has 0 radical (unpaired) electrons. The van der Waals surface area contributed by atoms with Gasteiger partial charge in [0.05, 0.1) is 17.5 Å². The van der Waals surface area contributed by atoms with Crippen molar-refractivity contribution in [1.29, 1.82) is 0 Å². The molecule has 128 valence electrons. The lowest BCUT2D eigenvalue weighted by Crippen LogP contribution is -2.36. The van der Waals surface area contributed by atoms with Crippen LogP contribution in [0, 0.1) is 6.92 Å². The van der Waals surface area contributed by atoms with Crippen LogP contribution in [0.15, 0.2) is 24.7 Å². The summed E-state index contributed by atoms with van der Waals surface area (Å²) in [5, 5.41) is 0. The van der Waals surface area contributed by atoms with Crippen molar-refractivity contribution < 1.29 is 13.6 Å². The number of piperidine rings is 1. The normalized spacial score (nSPS) is 16.8. The fourth-order valence-corrected chi connectivity index (χ4v) is 2.17. The molecular formula is C17H25F2N3O. The number of hydrogen-bond acceptors (Lipinski definition) is 3. The Kier molecular flexibility index (Phi) is 7.29. The van der Waals surface area contributed by atoms with Gasteiger partial charge in [0, 0.05) is 37.7 Å². The highest BCUT2D eigenvalue weighted by molar-refractivity contribution is 5.75. The third-order valence-corrected chi connectivity index (χ3v) is 3.60. The van der Waals surface area contributed by atoms with Crippen molar-refractivity contribution in [2.24, 2.45) is 0 Å². The molecule has 0 amide bonds. The van der Waals surface area contributed by atoms with Gasteiger partial charge < -0.3 is 9.30 Å². The standard InChI is InChI=1S/C9H8N2O.C6H11F2N.C2H6/c1-7-9-3-2-8(5-12)4-11(9)6-10-7;1-9-4-2-6(7,8)3-5-9;1-2/h2-6H,1H3;2-5H2,1H3;1-2H3. The maximum Gasteiger partial charge on any atom is 0.250 e. The van der Waals surface area contributed by atoms with E-state index in [0.29, 0.717) is 18.7 Å². The van der Waals surface area contributed by atoms with Crippen LogP contribution in [0.25, 0.3) is 5.52 Å². The summed E-state index contributed by atoms with van der Waals surface area (Å²) in [6.07, 6.45) is 4.36. The first-order valence-electron chi connectivity index (χ1n) is 7.86. The first-order valence-corrected chi connectivity index (χ1v) is 7.86. The van der Waals surface area contributed by atoms with Gasteiger partial charge in [-0.1, -0.05) is 13.8 Å². The zero-order valence-corrected chi connectivity index (χ0v) is 14.2. The van der Waals surface area contributed by atoms with Crippen molar-refractivity contribution >= 4 is 11.8 Å². The zero-order chi connectivity index (χ0) is 17.5. The van der Waals surface area contributed by atoms with Crippen LogP contribution in [0.4, 0.5) is 8.78 Å². The van der Waals surface area contributed by atoms with E-state index in [-0.39, 0.29) is 12.8 Å². The van der Waals surface area contributed by atoms with Crippen LogP contribution in [0.2, 0.25) is 0 Å². The molecule has 23 heavy (non-hydrogen) atoms. The third kappa shape index (κ3) is 5.71. The molecule has 0 spiro atoms. The van der Waals surface area contributed by atoms with Crippen molar-refractivity contribution in [3.63, 3.8) is 0 Å². The number of alkyl halides is 2. The summed E-state index contributed by atoms with van der Waals surface area (Å²) in [5.74, 6) is -2.38. The van der Waals surface area contributed by atoms with Crippen LogP contribution in [0.3, 0.4) is 0 Å². The van der Waals surface area contributed by atoms with E-state index in [0.717, 1.165) is 17.5 Å². The zero-order valence-electron chi connectivity index (χ0n) is 14.2. The van der Waals surface area contributed by atoms with Gasteiger partial charge in [-0.25, -0.2) is 13.8 Å². The average Bonchev–Trinajstić information content (AvgIpc) is 2.93. The van der Waals surface area contributed by atoms with Crippen LogP contribution in [-0.2, 0) is 0 Å². The maximum absolute atomic E-state index is 12.4. The molecule has 0 unspecified atom stereocenters. The Morgan fingerprint density at radius 2 is 1.83 bits per heavy atom. The van der Waals surface area contributed by atoms with Gasteiger partial charge in [-0.2, -0.15) is 0 Å². The number of nitrogens with zero attached hydrogens (tertiary/aromatic N) is 3. The largest absolute Gasteiger partial charge is 0.306 e. The summed E-state index contributed by atoms with van der Waals surface area (Å²) in [7, 11) is 1.87. The number of halogens is 2. The Morgan fingerprint density at radius 1 is 1.22 bits per heavy atom. The third-order valence-electron chi connectivity index (χ3n) is 3.60. The summed E-state index contributed by atoms with van der Waals surface area (Å²) < 4.78 is 26.5. The highest BCUT2D eigenvalue weighted by atomic mass is 19.3. The van der Waals surface area contributed by atoms with E-state index < -0.39 is 5.92 Å². The lowest BCUT2D eigenvalue weighted by Gasteiger charge is -2.28. The van der Waals surface area contributed by atoms with Gasteiger partial charge in [-0.3, -0.25) is 4.79 Å². The fourth-order valence-electron chi connectivity index (χ4n) is 2.17. The molecule has 0 bridgehead atoms. The highest BCUT2D eigenvalue weighted by Crippen LogP contribution is 2.26. The number of imidazole rings is 1. The molecule has 4 nitrogen and oxygen atoms in total. The molecule has 3 rings (SSSR count). The number of rotatable bonds is 1. The monoisotopic (exact) mass is 325 g/mol. The molecule has 2 aromatic rings. The van der Waals surface area contributed by atoms with E-state index in [1.165, 1.54) is 0 Å². The van der Waals surface area contributed by atoms with E-state index in [2.05, 4.69) is 4.98 Å². The molecule has 1 aliphatic heterocycles. The summed E-state index contributed by atoms with van der Waals surface area (Å²) in [5.41, 5.74) is 2.69. The number of likely N-dealkylation sites (tertiary alicyclic amines) is 1. The van der Waals surface area contributed by atoms with Crippen molar-refractivity contribution in [2.45, 2.75) is 39.5 Å². The van der Waals surface area contributed by atoms with Gasteiger partial charge in [0.25, 0.3) is 5.92 Å². The number of carbonyl (C=O) groups excluding carboxylic acids is 1. The first kappa shape index (κ1) is 19.2. The maximum atomic E-state index is 12.4. The van der Waals surface area contributed by atoms with Crippen molar-refractivity contribution in [3.8, 4) is 0 Å². The molecule has 1 aliphatic rings. The Hall–Kier alpha value is -1.82. The lowest BCUT2D eigenvalue weighted by atomic mass is 10.1. The number of carbonyl (C=O) groups is 1. The Morgan fingerprint density at radius 3 is 2.35 bits per heavy atom. The molecule has 2 aromatic heterocycles. The van der Waals surface area contributed by atoms with Gasteiger partial charge >= 0.3 is 0 Å². The summed E-state index contributed by atoms with van der Waals surface area (Å²) in [6.45, 7) is 7.01. The number of aldehydes is 1. The molecule has 1 fully saturated rings. The van der Waals surface area contributed by atoms with E-state index in [1.807, 2.05) is 43.2 Å². The molecule has 0 aliphatic carbocycles.